The number of carbonyl (C=O) groups is 1. The van der Waals surface area contributed by atoms with Crippen LogP contribution in [0.2, 0.25) is 0 Å². The Morgan fingerprint density at radius 1 is 1.21 bits per heavy atom. The Bertz CT molecular complexity index is 542. The average Bonchev–Trinajstić information content (AvgIpc) is 3.19. The lowest BCUT2D eigenvalue weighted by Crippen LogP contribution is -2.44. The number of ether oxygens (including phenoxy) is 1. The first-order valence-electron chi connectivity index (χ1n) is 9.40. The Morgan fingerprint density at radius 3 is 2.67 bits per heavy atom. The van der Waals surface area contributed by atoms with Crippen molar-refractivity contribution in [2.45, 2.75) is 70.1 Å². The van der Waals surface area contributed by atoms with Gasteiger partial charge in [0.05, 0.1) is 17.8 Å². The molecule has 24 heavy (non-hydrogen) atoms. The van der Waals surface area contributed by atoms with Crippen LogP contribution in [0.4, 0.5) is 0 Å². The molecule has 2 heterocycles. The lowest BCUT2D eigenvalue weighted by molar-refractivity contribution is 0.0697. The van der Waals surface area contributed by atoms with E-state index in [1.54, 1.807) is 12.1 Å². The number of benzene rings is 1. The second kappa shape index (κ2) is 8.13. The minimum absolute atomic E-state index is 0.359. The molecule has 0 unspecified atom stereocenters. The molecule has 132 valence electrons. The molecule has 4 nitrogen and oxygen atoms in total. The SMILES string of the molecule is CCCCCN[C@H]1[C@H](CCc2ccc(C(=O)O)cc2)[C@@H]2CC[C@H]1O2. The quantitative estimate of drug-likeness (QED) is 0.678. The first kappa shape index (κ1) is 17.4. The third-order valence-corrected chi connectivity index (χ3v) is 5.55. The maximum Gasteiger partial charge on any atom is 0.335 e. The fraction of sp³-hybridized carbons (Fsp3) is 0.650. The van der Waals surface area contributed by atoms with Gasteiger partial charge in [0.15, 0.2) is 0 Å². The fourth-order valence-corrected chi connectivity index (χ4v) is 4.21. The molecule has 2 saturated heterocycles. The van der Waals surface area contributed by atoms with Crippen LogP contribution >= 0.6 is 0 Å². The number of aryl methyl sites for hydroxylation is 1. The minimum Gasteiger partial charge on any atom is -0.478 e. The van der Waals surface area contributed by atoms with Crippen molar-refractivity contribution in [3.05, 3.63) is 35.4 Å². The number of fused-ring (bicyclic) bond motifs is 2. The van der Waals surface area contributed by atoms with Gasteiger partial charge in [-0.2, -0.15) is 0 Å². The third-order valence-electron chi connectivity index (χ3n) is 5.55. The summed E-state index contributed by atoms with van der Waals surface area (Å²) in [7, 11) is 0. The second-order valence-electron chi connectivity index (χ2n) is 7.18. The Labute approximate surface area is 144 Å². The zero-order valence-electron chi connectivity index (χ0n) is 14.5. The van der Waals surface area contributed by atoms with E-state index in [0.717, 1.165) is 19.4 Å². The van der Waals surface area contributed by atoms with E-state index in [1.165, 1.54) is 37.7 Å². The topological polar surface area (TPSA) is 58.6 Å². The van der Waals surface area contributed by atoms with Gasteiger partial charge in [-0.25, -0.2) is 4.79 Å². The number of nitrogens with one attached hydrogen (secondary N) is 1. The summed E-state index contributed by atoms with van der Waals surface area (Å²) in [6.07, 6.45) is 9.09. The normalized spacial score (nSPS) is 28.4. The van der Waals surface area contributed by atoms with Crippen molar-refractivity contribution >= 4 is 5.97 Å². The smallest absolute Gasteiger partial charge is 0.335 e. The molecule has 0 amide bonds. The summed E-state index contributed by atoms with van der Waals surface area (Å²) in [6.45, 7) is 3.33. The zero-order valence-corrected chi connectivity index (χ0v) is 14.5. The molecule has 0 radical (unpaired) electrons. The maximum absolute atomic E-state index is 10.9. The van der Waals surface area contributed by atoms with Crippen molar-refractivity contribution in [3.63, 3.8) is 0 Å². The number of carboxylic acid groups (broad SMARTS) is 1. The number of aromatic carboxylic acids is 1. The van der Waals surface area contributed by atoms with Crippen molar-refractivity contribution in [1.82, 2.24) is 5.32 Å². The highest BCUT2D eigenvalue weighted by Gasteiger charge is 2.47. The van der Waals surface area contributed by atoms with Gasteiger partial charge >= 0.3 is 5.97 Å². The van der Waals surface area contributed by atoms with Crippen LogP contribution in [0.15, 0.2) is 24.3 Å². The van der Waals surface area contributed by atoms with E-state index in [9.17, 15) is 4.79 Å². The van der Waals surface area contributed by atoms with Crippen molar-refractivity contribution in [1.29, 1.82) is 0 Å². The summed E-state index contributed by atoms with van der Waals surface area (Å²) in [5, 5.41) is 12.7. The molecule has 0 aliphatic carbocycles. The van der Waals surface area contributed by atoms with Crippen LogP contribution in [-0.4, -0.2) is 35.9 Å². The van der Waals surface area contributed by atoms with Crippen LogP contribution < -0.4 is 5.32 Å². The fourth-order valence-electron chi connectivity index (χ4n) is 4.21. The molecule has 2 aliphatic rings. The van der Waals surface area contributed by atoms with Gasteiger partial charge in [-0.3, -0.25) is 0 Å². The molecule has 4 heteroatoms. The molecular formula is C20H29NO3. The molecule has 2 aliphatic heterocycles. The van der Waals surface area contributed by atoms with E-state index in [2.05, 4.69) is 12.2 Å². The highest BCUT2D eigenvalue weighted by molar-refractivity contribution is 5.87. The number of hydrogen-bond donors (Lipinski definition) is 2. The molecule has 2 fully saturated rings. The van der Waals surface area contributed by atoms with Gasteiger partial charge in [-0.1, -0.05) is 31.9 Å². The molecule has 3 rings (SSSR count). The third kappa shape index (κ3) is 3.98. The first-order valence-corrected chi connectivity index (χ1v) is 9.40. The molecule has 0 aromatic heterocycles. The number of rotatable bonds is 9. The Kier molecular flexibility index (Phi) is 5.90. The van der Waals surface area contributed by atoms with Crippen molar-refractivity contribution in [3.8, 4) is 0 Å². The zero-order chi connectivity index (χ0) is 16.9. The summed E-state index contributed by atoms with van der Waals surface area (Å²) < 4.78 is 6.15. The lowest BCUT2D eigenvalue weighted by Gasteiger charge is -2.29. The predicted molar refractivity (Wildman–Crippen MR) is 94.4 cm³/mol. The Morgan fingerprint density at radius 2 is 1.96 bits per heavy atom. The average molecular weight is 331 g/mol. The molecule has 0 spiro atoms. The van der Waals surface area contributed by atoms with Gasteiger partial charge in [0.25, 0.3) is 0 Å². The largest absolute Gasteiger partial charge is 0.478 e. The van der Waals surface area contributed by atoms with E-state index < -0.39 is 5.97 Å². The Balaban J connectivity index is 1.53. The Hall–Kier alpha value is -1.39. The second-order valence-corrected chi connectivity index (χ2v) is 7.18. The standard InChI is InChI=1S/C20H29NO3/c1-2-3-4-13-21-19-16(17-11-12-18(19)24-17)10-7-14-5-8-15(9-6-14)20(22)23/h5-6,8-9,16-19,21H,2-4,7,10-13H2,1H3,(H,22,23)/t16-,17+,18-,19+/m1/s1. The molecular weight excluding hydrogens is 302 g/mol. The summed E-state index contributed by atoms with van der Waals surface area (Å²) in [4.78, 5) is 10.9. The number of hydrogen-bond acceptors (Lipinski definition) is 3. The highest BCUT2D eigenvalue weighted by Crippen LogP contribution is 2.41. The summed E-state index contributed by atoms with van der Waals surface area (Å²) >= 11 is 0. The van der Waals surface area contributed by atoms with Crippen molar-refractivity contribution in [2.75, 3.05) is 6.54 Å². The summed E-state index contributed by atoms with van der Waals surface area (Å²) in [5.41, 5.74) is 1.57. The van der Waals surface area contributed by atoms with Gasteiger partial charge in [0.1, 0.15) is 0 Å². The van der Waals surface area contributed by atoms with Crippen LogP contribution in [0.3, 0.4) is 0 Å². The minimum atomic E-state index is -0.862. The van der Waals surface area contributed by atoms with Crippen LogP contribution in [0.25, 0.3) is 0 Å². The lowest BCUT2D eigenvalue weighted by atomic mass is 9.81. The number of carboxylic acids is 1. The first-order chi connectivity index (χ1) is 11.7. The summed E-state index contributed by atoms with van der Waals surface area (Å²) in [5.74, 6) is -0.274. The van der Waals surface area contributed by atoms with Crippen LogP contribution in [-0.2, 0) is 11.2 Å². The molecule has 1 aromatic rings. The predicted octanol–water partition coefficient (Wildman–Crippen LogP) is 3.64. The monoisotopic (exact) mass is 331 g/mol. The molecule has 1 aromatic carbocycles. The van der Waals surface area contributed by atoms with Crippen molar-refractivity contribution in [2.24, 2.45) is 5.92 Å². The van der Waals surface area contributed by atoms with E-state index in [0.29, 0.717) is 29.7 Å². The van der Waals surface area contributed by atoms with E-state index in [4.69, 9.17) is 9.84 Å². The summed E-state index contributed by atoms with van der Waals surface area (Å²) in [6, 6.07) is 7.80. The van der Waals surface area contributed by atoms with E-state index >= 15 is 0 Å². The molecule has 2 N–H and O–H groups in total. The number of unbranched alkanes of at least 4 members (excludes halogenated alkanes) is 2. The molecule has 0 saturated carbocycles. The van der Waals surface area contributed by atoms with E-state index in [1.807, 2.05) is 12.1 Å². The van der Waals surface area contributed by atoms with Gasteiger partial charge < -0.3 is 15.2 Å². The maximum atomic E-state index is 10.9. The highest BCUT2D eigenvalue weighted by atomic mass is 16.5. The molecule has 4 atom stereocenters. The molecule has 2 bridgehead atoms. The van der Waals surface area contributed by atoms with Crippen LogP contribution in [0, 0.1) is 5.92 Å². The van der Waals surface area contributed by atoms with E-state index in [-0.39, 0.29) is 0 Å². The van der Waals surface area contributed by atoms with Crippen molar-refractivity contribution < 1.29 is 14.6 Å². The van der Waals surface area contributed by atoms with Crippen LogP contribution in [0.1, 0.15) is 61.4 Å². The van der Waals surface area contributed by atoms with Gasteiger partial charge in [0.2, 0.25) is 0 Å². The van der Waals surface area contributed by atoms with Gasteiger partial charge in [-0.15, -0.1) is 0 Å². The van der Waals surface area contributed by atoms with Crippen LogP contribution in [0.5, 0.6) is 0 Å². The van der Waals surface area contributed by atoms with Gasteiger partial charge in [-0.05, 0) is 56.3 Å². The van der Waals surface area contributed by atoms with Gasteiger partial charge in [0, 0.05) is 12.0 Å².